The van der Waals surface area contributed by atoms with E-state index in [2.05, 4.69) is 4.74 Å². The number of carbonyl (C=O) groups excluding carboxylic acids is 2. The first-order valence-corrected chi connectivity index (χ1v) is 4.06. The van der Waals surface area contributed by atoms with Gasteiger partial charge in [-0.3, -0.25) is 9.59 Å². The minimum Gasteiger partial charge on any atom is -0.469 e. The van der Waals surface area contributed by atoms with E-state index in [0.717, 1.165) is 0 Å². The average Bonchev–Trinajstić information content (AvgIpc) is 2.02. The van der Waals surface area contributed by atoms with Crippen LogP contribution in [0.4, 0.5) is 0 Å². The van der Waals surface area contributed by atoms with E-state index < -0.39 is 24.1 Å². The van der Waals surface area contributed by atoms with Gasteiger partial charge in [0.25, 0.3) is 0 Å². The van der Waals surface area contributed by atoms with Crippen LogP contribution in [-0.4, -0.2) is 36.4 Å². The third-order valence-electron chi connectivity index (χ3n) is 1.86. The highest BCUT2D eigenvalue weighted by Gasteiger charge is 2.28. The summed E-state index contributed by atoms with van der Waals surface area (Å²) < 4.78 is 9.24. The van der Waals surface area contributed by atoms with Crippen LogP contribution in [0.1, 0.15) is 19.3 Å². The average molecular weight is 188 g/mol. The van der Waals surface area contributed by atoms with Gasteiger partial charge in [0.2, 0.25) is 0 Å². The highest BCUT2D eigenvalue weighted by Crippen LogP contribution is 2.17. The first-order valence-electron chi connectivity index (χ1n) is 4.06. The molecule has 2 unspecified atom stereocenters. The van der Waals surface area contributed by atoms with E-state index in [1.165, 1.54) is 7.11 Å². The Bertz CT molecular complexity index is 213. The lowest BCUT2D eigenvalue weighted by Gasteiger charge is -2.24. The summed E-state index contributed by atoms with van der Waals surface area (Å²) in [6.07, 6.45) is -0.905. The zero-order valence-corrected chi connectivity index (χ0v) is 7.36. The zero-order chi connectivity index (χ0) is 9.84. The molecular weight excluding hydrogens is 176 g/mol. The summed E-state index contributed by atoms with van der Waals surface area (Å²) in [7, 11) is 1.27. The van der Waals surface area contributed by atoms with E-state index in [-0.39, 0.29) is 12.8 Å². The van der Waals surface area contributed by atoms with Crippen molar-refractivity contribution in [1.29, 1.82) is 0 Å². The number of hydrogen-bond donors (Lipinski definition) is 1. The molecule has 0 amide bonds. The molecule has 2 atom stereocenters. The lowest BCUT2D eigenvalue weighted by atomic mass is 10.0. The Morgan fingerprint density at radius 1 is 1.77 bits per heavy atom. The normalized spacial score (nSPS) is 28.0. The van der Waals surface area contributed by atoms with E-state index in [1.807, 2.05) is 0 Å². The van der Waals surface area contributed by atoms with Crippen LogP contribution in [0.25, 0.3) is 0 Å². The maximum Gasteiger partial charge on any atom is 0.309 e. The predicted molar refractivity (Wildman–Crippen MR) is 41.8 cm³/mol. The van der Waals surface area contributed by atoms with Crippen LogP contribution in [-0.2, 0) is 19.1 Å². The van der Waals surface area contributed by atoms with Crippen molar-refractivity contribution >= 4 is 11.9 Å². The molecule has 1 aliphatic heterocycles. The summed E-state index contributed by atoms with van der Waals surface area (Å²) >= 11 is 0. The zero-order valence-electron chi connectivity index (χ0n) is 7.36. The second-order valence-electron chi connectivity index (χ2n) is 2.99. The summed E-state index contributed by atoms with van der Waals surface area (Å²) in [5.74, 6) is -0.903. The minimum atomic E-state index is -0.698. The number of ether oxygens (including phenoxy) is 2. The van der Waals surface area contributed by atoms with Gasteiger partial charge in [-0.15, -0.1) is 0 Å². The van der Waals surface area contributed by atoms with Crippen LogP contribution in [0.3, 0.4) is 0 Å². The maximum absolute atomic E-state index is 10.8. The minimum absolute atomic E-state index is 0.0116. The molecule has 74 valence electrons. The molecule has 1 aliphatic rings. The highest BCUT2D eigenvalue weighted by molar-refractivity contribution is 5.73. The highest BCUT2D eigenvalue weighted by atomic mass is 16.6. The van der Waals surface area contributed by atoms with Gasteiger partial charge in [0, 0.05) is 6.42 Å². The first-order chi connectivity index (χ1) is 6.11. The van der Waals surface area contributed by atoms with Crippen LogP contribution >= 0.6 is 0 Å². The summed E-state index contributed by atoms with van der Waals surface area (Å²) in [5, 5.41) is 9.18. The van der Waals surface area contributed by atoms with Gasteiger partial charge in [-0.2, -0.15) is 0 Å². The van der Waals surface area contributed by atoms with Crippen molar-refractivity contribution < 1.29 is 24.2 Å². The molecule has 1 rings (SSSR count). The van der Waals surface area contributed by atoms with Crippen molar-refractivity contribution in [3.05, 3.63) is 0 Å². The molecule has 0 aromatic heterocycles. The molecule has 1 fully saturated rings. The summed E-state index contributed by atoms with van der Waals surface area (Å²) in [6, 6.07) is 0. The van der Waals surface area contributed by atoms with Crippen molar-refractivity contribution in [2.75, 3.05) is 7.11 Å². The van der Waals surface area contributed by atoms with Gasteiger partial charge in [0.05, 0.1) is 26.1 Å². The maximum atomic E-state index is 10.8. The number of aliphatic hydroxyl groups excluding tert-OH is 1. The van der Waals surface area contributed by atoms with Crippen molar-refractivity contribution in [3.8, 4) is 0 Å². The Labute approximate surface area is 75.6 Å². The second-order valence-corrected chi connectivity index (χ2v) is 2.99. The van der Waals surface area contributed by atoms with E-state index in [1.54, 1.807) is 0 Å². The summed E-state index contributed by atoms with van der Waals surface area (Å²) in [5.41, 5.74) is 0. The van der Waals surface area contributed by atoms with Gasteiger partial charge in [-0.1, -0.05) is 0 Å². The van der Waals surface area contributed by atoms with E-state index in [0.29, 0.717) is 6.42 Å². The first kappa shape index (κ1) is 9.98. The van der Waals surface area contributed by atoms with E-state index in [9.17, 15) is 14.7 Å². The van der Waals surface area contributed by atoms with Crippen LogP contribution in [0.2, 0.25) is 0 Å². The van der Waals surface area contributed by atoms with Gasteiger partial charge < -0.3 is 14.6 Å². The summed E-state index contributed by atoms with van der Waals surface area (Å²) in [4.78, 5) is 21.6. The molecule has 0 bridgehead atoms. The standard InChI is InChI=1S/C8H12O5/c1-12-7(10)4-6-2-5(9)3-8(11)13-6/h5-6,9H,2-4H2,1H3. The second kappa shape index (κ2) is 4.23. The Kier molecular flexibility index (Phi) is 3.25. The SMILES string of the molecule is COC(=O)CC1CC(O)CC(=O)O1. The Balaban J connectivity index is 2.41. The predicted octanol–water partition coefficient (Wildman–Crippen LogP) is -0.384. The Hall–Kier alpha value is -1.10. The monoisotopic (exact) mass is 188 g/mol. The Morgan fingerprint density at radius 2 is 2.46 bits per heavy atom. The lowest BCUT2D eigenvalue weighted by Crippen LogP contribution is -2.34. The number of rotatable bonds is 2. The van der Waals surface area contributed by atoms with Gasteiger partial charge in [-0.25, -0.2) is 0 Å². The summed E-state index contributed by atoms with van der Waals surface area (Å²) in [6.45, 7) is 0. The molecule has 0 aliphatic carbocycles. The lowest BCUT2D eigenvalue weighted by molar-refractivity contribution is -0.163. The van der Waals surface area contributed by atoms with Crippen molar-refractivity contribution in [1.82, 2.24) is 0 Å². The van der Waals surface area contributed by atoms with Gasteiger partial charge >= 0.3 is 11.9 Å². The fraction of sp³-hybridized carbons (Fsp3) is 0.750. The molecule has 13 heavy (non-hydrogen) atoms. The smallest absolute Gasteiger partial charge is 0.309 e. The molecule has 5 heteroatoms. The third kappa shape index (κ3) is 3.02. The molecule has 5 nitrogen and oxygen atoms in total. The molecule has 1 saturated heterocycles. The molecule has 0 aromatic rings. The fourth-order valence-corrected chi connectivity index (χ4v) is 1.26. The molecule has 1 heterocycles. The number of hydrogen-bond acceptors (Lipinski definition) is 5. The number of aliphatic hydroxyl groups is 1. The van der Waals surface area contributed by atoms with E-state index in [4.69, 9.17) is 4.74 Å². The van der Waals surface area contributed by atoms with Crippen molar-refractivity contribution in [3.63, 3.8) is 0 Å². The van der Waals surface area contributed by atoms with Crippen molar-refractivity contribution in [2.45, 2.75) is 31.5 Å². The van der Waals surface area contributed by atoms with Gasteiger partial charge in [-0.05, 0) is 0 Å². The van der Waals surface area contributed by atoms with Gasteiger partial charge in [0.15, 0.2) is 0 Å². The van der Waals surface area contributed by atoms with Crippen LogP contribution < -0.4 is 0 Å². The van der Waals surface area contributed by atoms with Crippen LogP contribution in [0.5, 0.6) is 0 Å². The topological polar surface area (TPSA) is 72.8 Å². The van der Waals surface area contributed by atoms with Gasteiger partial charge in [0.1, 0.15) is 6.10 Å². The fourth-order valence-electron chi connectivity index (χ4n) is 1.26. The van der Waals surface area contributed by atoms with Crippen molar-refractivity contribution in [2.24, 2.45) is 0 Å². The number of methoxy groups -OCH3 is 1. The molecule has 0 aromatic carbocycles. The molecule has 1 N–H and O–H groups in total. The van der Waals surface area contributed by atoms with E-state index >= 15 is 0 Å². The Morgan fingerprint density at radius 3 is 3.00 bits per heavy atom. The molecule has 0 spiro atoms. The third-order valence-corrected chi connectivity index (χ3v) is 1.86. The number of cyclic esters (lactones) is 1. The van der Waals surface area contributed by atoms with Crippen LogP contribution in [0.15, 0.2) is 0 Å². The number of esters is 2. The largest absolute Gasteiger partial charge is 0.469 e. The molecular formula is C8H12O5. The quantitative estimate of drug-likeness (QED) is 0.598. The molecule has 0 saturated carbocycles. The molecule has 0 radical (unpaired) electrons. The van der Waals surface area contributed by atoms with Crippen LogP contribution in [0, 0.1) is 0 Å². The number of carbonyl (C=O) groups is 2.